The first-order valence-electron chi connectivity index (χ1n) is 7.24. The van der Waals surface area contributed by atoms with E-state index in [4.69, 9.17) is 4.74 Å². The van der Waals surface area contributed by atoms with E-state index in [2.05, 4.69) is 46.3 Å². The maximum absolute atomic E-state index is 5.92. The molecule has 0 amide bonds. The van der Waals surface area contributed by atoms with Crippen molar-refractivity contribution in [2.75, 3.05) is 7.05 Å². The van der Waals surface area contributed by atoms with Crippen molar-refractivity contribution < 1.29 is 4.74 Å². The van der Waals surface area contributed by atoms with Gasteiger partial charge in [0.15, 0.2) is 0 Å². The second-order valence-corrected chi connectivity index (χ2v) is 6.03. The SMILES string of the molecule is CCC(C)n1ccc(COc2ccc(Br)cc2CNC)n1. The smallest absolute Gasteiger partial charge is 0.132 e. The van der Waals surface area contributed by atoms with Gasteiger partial charge < -0.3 is 10.1 Å². The summed E-state index contributed by atoms with van der Waals surface area (Å²) in [6, 6.07) is 8.49. The molecule has 1 N–H and O–H groups in total. The summed E-state index contributed by atoms with van der Waals surface area (Å²) in [5, 5.41) is 7.71. The predicted molar refractivity (Wildman–Crippen MR) is 88.5 cm³/mol. The van der Waals surface area contributed by atoms with Gasteiger partial charge in [-0.25, -0.2) is 0 Å². The molecule has 1 atom stereocenters. The molecule has 1 aromatic heterocycles. The Balaban J connectivity index is 2.04. The van der Waals surface area contributed by atoms with Gasteiger partial charge in [-0.3, -0.25) is 4.68 Å². The van der Waals surface area contributed by atoms with Crippen LogP contribution in [-0.4, -0.2) is 16.8 Å². The Bertz CT molecular complexity index is 583. The molecule has 5 heteroatoms. The van der Waals surface area contributed by atoms with Crippen LogP contribution in [0.4, 0.5) is 0 Å². The highest BCUT2D eigenvalue weighted by atomic mass is 79.9. The summed E-state index contributed by atoms with van der Waals surface area (Å²) < 4.78 is 8.97. The zero-order valence-electron chi connectivity index (χ0n) is 12.8. The summed E-state index contributed by atoms with van der Waals surface area (Å²) in [6.45, 7) is 5.59. The van der Waals surface area contributed by atoms with Crippen LogP contribution in [0.2, 0.25) is 0 Å². The van der Waals surface area contributed by atoms with E-state index in [0.29, 0.717) is 12.6 Å². The zero-order chi connectivity index (χ0) is 15.2. The van der Waals surface area contributed by atoms with Crippen LogP contribution in [-0.2, 0) is 13.2 Å². The van der Waals surface area contributed by atoms with Crippen LogP contribution in [0.15, 0.2) is 34.9 Å². The van der Waals surface area contributed by atoms with Crippen LogP contribution in [0.1, 0.15) is 37.6 Å². The first-order valence-corrected chi connectivity index (χ1v) is 8.03. The van der Waals surface area contributed by atoms with Crippen LogP contribution in [0.3, 0.4) is 0 Å². The van der Waals surface area contributed by atoms with E-state index in [9.17, 15) is 0 Å². The van der Waals surface area contributed by atoms with Gasteiger partial charge in [0.2, 0.25) is 0 Å². The van der Waals surface area contributed by atoms with Crippen LogP contribution < -0.4 is 10.1 Å². The minimum Gasteiger partial charge on any atom is -0.487 e. The summed E-state index contributed by atoms with van der Waals surface area (Å²) >= 11 is 3.49. The molecule has 0 bridgehead atoms. The van der Waals surface area contributed by atoms with Gasteiger partial charge in [-0.05, 0) is 44.7 Å². The van der Waals surface area contributed by atoms with E-state index in [1.165, 1.54) is 0 Å². The van der Waals surface area contributed by atoms with Crippen LogP contribution in [0.25, 0.3) is 0 Å². The highest BCUT2D eigenvalue weighted by molar-refractivity contribution is 9.10. The molecule has 0 aliphatic heterocycles. The third-order valence-electron chi connectivity index (χ3n) is 3.47. The molecular weight excluding hydrogens is 330 g/mol. The standard InChI is InChI=1S/C16H22BrN3O/c1-4-12(2)20-8-7-15(19-20)11-21-16-6-5-14(17)9-13(16)10-18-3/h5-9,12,18H,4,10-11H2,1-3H3. The molecule has 0 spiro atoms. The van der Waals surface area contributed by atoms with Crippen LogP contribution >= 0.6 is 15.9 Å². The Morgan fingerprint density at radius 3 is 2.90 bits per heavy atom. The van der Waals surface area contributed by atoms with Crippen molar-refractivity contribution in [2.24, 2.45) is 0 Å². The molecule has 0 aliphatic carbocycles. The predicted octanol–water partition coefficient (Wildman–Crippen LogP) is 3.92. The number of benzene rings is 1. The molecule has 21 heavy (non-hydrogen) atoms. The first-order chi connectivity index (χ1) is 10.1. The van der Waals surface area contributed by atoms with Gasteiger partial charge in [0.1, 0.15) is 12.4 Å². The van der Waals surface area contributed by atoms with Crippen molar-refractivity contribution in [2.45, 2.75) is 39.5 Å². The molecule has 0 saturated heterocycles. The maximum atomic E-state index is 5.92. The van der Waals surface area contributed by atoms with E-state index in [1.54, 1.807) is 0 Å². The van der Waals surface area contributed by atoms with Gasteiger partial charge >= 0.3 is 0 Å². The Hall–Kier alpha value is -1.33. The zero-order valence-corrected chi connectivity index (χ0v) is 14.4. The Labute approximate surface area is 134 Å². The summed E-state index contributed by atoms with van der Waals surface area (Å²) in [4.78, 5) is 0. The summed E-state index contributed by atoms with van der Waals surface area (Å²) in [6.07, 6.45) is 3.09. The van der Waals surface area contributed by atoms with Crippen molar-refractivity contribution in [1.29, 1.82) is 0 Å². The molecule has 1 unspecified atom stereocenters. The van der Waals surface area contributed by atoms with E-state index in [-0.39, 0.29) is 0 Å². The lowest BCUT2D eigenvalue weighted by molar-refractivity contribution is 0.294. The largest absolute Gasteiger partial charge is 0.487 e. The highest BCUT2D eigenvalue weighted by Gasteiger charge is 2.07. The molecule has 2 aromatic rings. The third-order valence-corrected chi connectivity index (χ3v) is 3.96. The number of nitrogens with zero attached hydrogens (tertiary/aromatic N) is 2. The number of hydrogen-bond acceptors (Lipinski definition) is 3. The summed E-state index contributed by atoms with van der Waals surface area (Å²) in [5.74, 6) is 0.894. The average molecular weight is 352 g/mol. The van der Waals surface area contributed by atoms with Gasteiger partial charge in [0.05, 0.1) is 5.69 Å². The fourth-order valence-corrected chi connectivity index (χ4v) is 2.46. The molecular formula is C16H22BrN3O. The average Bonchev–Trinajstić information content (AvgIpc) is 2.95. The molecule has 4 nitrogen and oxygen atoms in total. The van der Waals surface area contributed by atoms with Gasteiger partial charge in [-0.15, -0.1) is 0 Å². The van der Waals surface area contributed by atoms with Crippen LogP contribution in [0, 0.1) is 0 Å². The molecule has 0 radical (unpaired) electrons. The number of hydrogen-bond donors (Lipinski definition) is 1. The van der Waals surface area contributed by atoms with E-state index in [0.717, 1.165) is 34.4 Å². The van der Waals surface area contributed by atoms with Gasteiger partial charge in [-0.2, -0.15) is 5.10 Å². The second kappa shape index (κ2) is 7.61. The Morgan fingerprint density at radius 2 is 2.19 bits per heavy atom. The third kappa shape index (κ3) is 4.32. The van der Waals surface area contributed by atoms with Gasteiger partial charge in [-0.1, -0.05) is 22.9 Å². The number of aromatic nitrogens is 2. The molecule has 2 rings (SSSR count). The number of rotatable bonds is 7. The monoisotopic (exact) mass is 351 g/mol. The minimum atomic E-state index is 0.422. The van der Waals surface area contributed by atoms with Crippen LogP contribution in [0.5, 0.6) is 5.75 Å². The maximum Gasteiger partial charge on any atom is 0.132 e. The second-order valence-electron chi connectivity index (χ2n) is 5.12. The number of halogens is 1. The fourth-order valence-electron chi connectivity index (χ4n) is 2.06. The Kier molecular flexibility index (Phi) is 5.82. The highest BCUT2D eigenvalue weighted by Crippen LogP contribution is 2.24. The van der Waals surface area contributed by atoms with Crippen molar-refractivity contribution in [3.8, 4) is 5.75 Å². The lowest BCUT2D eigenvalue weighted by Gasteiger charge is -2.11. The molecule has 1 heterocycles. The lowest BCUT2D eigenvalue weighted by Crippen LogP contribution is -2.08. The van der Waals surface area contributed by atoms with Gasteiger partial charge in [0, 0.05) is 28.8 Å². The quantitative estimate of drug-likeness (QED) is 0.821. The molecule has 0 fully saturated rings. The molecule has 114 valence electrons. The normalized spacial score (nSPS) is 12.4. The van der Waals surface area contributed by atoms with Crippen molar-refractivity contribution >= 4 is 15.9 Å². The first kappa shape index (κ1) is 16.0. The van der Waals surface area contributed by atoms with E-state index < -0.39 is 0 Å². The molecule has 1 aromatic carbocycles. The van der Waals surface area contributed by atoms with E-state index in [1.807, 2.05) is 36.1 Å². The Morgan fingerprint density at radius 1 is 1.38 bits per heavy atom. The number of nitrogens with one attached hydrogen (secondary N) is 1. The summed E-state index contributed by atoms with van der Waals surface area (Å²) in [5.41, 5.74) is 2.09. The van der Waals surface area contributed by atoms with Crippen molar-refractivity contribution in [3.05, 3.63) is 46.2 Å². The van der Waals surface area contributed by atoms with Crippen molar-refractivity contribution in [1.82, 2.24) is 15.1 Å². The minimum absolute atomic E-state index is 0.422. The summed E-state index contributed by atoms with van der Waals surface area (Å²) in [7, 11) is 1.93. The number of ether oxygens (including phenoxy) is 1. The fraction of sp³-hybridized carbons (Fsp3) is 0.438. The topological polar surface area (TPSA) is 39.1 Å². The molecule has 0 saturated carbocycles. The van der Waals surface area contributed by atoms with Crippen molar-refractivity contribution in [3.63, 3.8) is 0 Å². The lowest BCUT2D eigenvalue weighted by atomic mass is 10.2. The molecule has 0 aliphatic rings. The van der Waals surface area contributed by atoms with E-state index >= 15 is 0 Å². The van der Waals surface area contributed by atoms with Gasteiger partial charge in [0.25, 0.3) is 0 Å².